The maximum absolute atomic E-state index is 11.5. The van der Waals surface area contributed by atoms with Crippen molar-refractivity contribution >= 4 is 17.4 Å². The highest BCUT2D eigenvalue weighted by Gasteiger charge is 2.21. The summed E-state index contributed by atoms with van der Waals surface area (Å²) in [5, 5.41) is 11.7. The van der Waals surface area contributed by atoms with Crippen LogP contribution in [0.2, 0.25) is 5.15 Å². The molecule has 3 nitrogen and oxygen atoms in total. The normalized spacial score (nSPS) is 16.5. The number of hydrogen-bond acceptors (Lipinski definition) is 2. The van der Waals surface area contributed by atoms with Gasteiger partial charge < -0.3 is 5.21 Å². The first-order valence-corrected chi connectivity index (χ1v) is 4.80. The van der Waals surface area contributed by atoms with E-state index in [1.54, 1.807) is 6.07 Å². The fourth-order valence-electron chi connectivity index (χ4n) is 1.64. The zero-order valence-electron chi connectivity index (χ0n) is 7.24. The molecule has 0 saturated carbocycles. The Morgan fingerprint density at radius 2 is 2.00 bits per heavy atom. The second-order valence-corrected chi connectivity index (χ2v) is 3.58. The third kappa shape index (κ3) is 1.56. The average molecular weight is 199 g/mol. The maximum Gasteiger partial charge on any atom is 0.280 e. The first-order valence-electron chi connectivity index (χ1n) is 4.42. The summed E-state index contributed by atoms with van der Waals surface area (Å²) >= 11 is 5.72. The lowest BCUT2D eigenvalue weighted by atomic mass is 10.4. The van der Waals surface area contributed by atoms with E-state index >= 15 is 0 Å². The lowest BCUT2D eigenvalue weighted by molar-refractivity contribution is -0.589. The highest BCUT2D eigenvalue weighted by atomic mass is 35.5. The lowest BCUT2D eigenvalue weighted by Crippen LogP contribution is -2.37. The van der Waals surface area contributed by atoms with E-state index in [9.17, 15) is 5.21 Å². The quantitative estimate of drug-likeness (QED) is 0.390. The zero-order valence-corrected chi connectivity index (χ0v) is 8.00. The van der Waals surface area contributed by atoms with Gasteiger partial charge in [0.1, 0.15) is 0 Å². The zero-order chi connectivity index (χ0) is 9.26. The van der Waals surface area contributed by atoms with Gasteiger partial charge in [-0.3, -0.25) is 4.90 Å². The summed E-state index contributed by atoms with van der Waals surface area (Å²) in [6.07, 6.45) is 2.32. The van der Waals surface area contributed by atoms with Crippen molar-refractivity contribution in [2.45, 2.75) is 12.8 Å². The molecule has 1 fully saturated rings. The third-order valence-electron chi connectivity index (χ3n) is 2.31. The van der Waals surface area contributed by atoms with Crippen LogP contribution in [0.3, 0.4) is 0 Å². The van der Waals surface area contributed by atoms with Gasteiger partial charge in [-0.05, 0) is 36.6 Å². The van der Waals surface area contributed by atoms with Crippen molar-refractivity contribution in [2.75, 3.05) is 18.0 Å². The molecule has 0 radical (unpaired) electrons. The van der Waals surface area contributed by atoms with Gasteiger partial charge in [-0.15, -0.1) is 0 Å². The van der Waals surface area contributed by atoms with Gasteiger partial charge >= 0.3 is 0 Å². The first kappa shape index (κ1) is 8.63. The molecule has 70 valence electrons. The molecular weight excluding hydrogens is 188 g/mol. The Morgan fingerprint density at radius 3 is 2.69 bits per heavy atom. The topological polar surface area (TPSA) is 30.2 Å². The molecule has 1 aromatic rings. The van der Waals surface area contributed by atoms with Gasteiger partial charge in [0.15, 0.2) is 5.15 Å². The van der Waals surface area contributed by atoms with Crippen LogP contribution in [0.15, 0.2) is 18.2 Å². The lowest BCUT2D eigenvalue weighted by Gasteiger charge is -2.16. The van der Waals surface area contributed by atoms with Crippen molar-refractivity contribution in [3.63, 3.8) is 0 Å². The summed E-state index contributed by atoms with van der Waals surface area (Å²) in [6, 6.07) is 5.22. The highest BCUT2D eigenvalue weighted by molar-refractivity contribution is 6.28. The van der Waals surface area contributed by atoms with Crippen molar-refractivity contribution in [1.82, 2.24) is 0 Å². The standard InChI is InChI=1S/C9H11ClN2O/c10-8-4-3-5-9(12(8)13)11-6-1-2-7-11/h3-5H,1-2,6-7H2. The van der Waals surface area contributed by atoms with Crippen LogP contribution in [0.25, 0.3) is 0 Å². The third-order valence-corrected chi connectivity index (χ3v) is 2.59. The number of halogens is 1. The van der Waals surface area contributed by atoms with Crippen LogP contribution in [0.4, 0.5) is 5.82 Å². The van der Waals surface area contributed by atoms with Crippen LogP contribution in [0.5, 0.6) is 0 Å². The highest BCUT2D eigenvalue weighted by Crippen LogP contribution is 2.17. The molecule has 0 amide bonds. The molecule has 1 aromatic heterocycles. The summed E-state index contributed by atoms with van der Waals surface area (Å²) in [4.78, 5) is 2.07. The Hall–Kier alpha value is -0.960. The Morgan fingerprint density at radius 1 is 1.31 bits per heavy atom. The molecule has 0 atom stereocenters. The number of aromatic nitrogens is 1. The van der Waals surface area contributed by atoms with Crippen molar-refractivity contribution in [3.05, 3.63) is 28.6 Å². The maximum atomic E-state index is 11.5. The summed E-state index contributed by atoms with van der Waals surface area (Å²) in [6.45, 7) is 1.92. The van der Waals surface area contributed by atoms with E-state index in [0.29, 0.717) is 5.82 Å². The van der Waals surface area contributed by atoms with Crippen LogP contribution in [-0.4, -0.2) is 13.1 Å². The predicted octanol–water partition coefficient (Wildman–Crippen LogP) is 1.57. The van der Waals surface area contributed by atoms with Gasteiger partial charge in [0.25, 0.3) is 5.82 Å². The molecule has 0 unspecified atom stereocenters. The molecule has 2 rings (SSSR count). The van der Waals surface area contributed by atoms with E-state index in [1.165, 1.54) is 0 Å². The fraction of sp³-hybridized carbons (Fsp3) is 0.444. The van der Waals surface area contributed by atoms with E-state index in [1.807, 2.05) is 12.1 Å². The van der Waals surface area contributed by atoms with E-state index in [4.69, 9.17) is 11.6 Å². The van der Waals surface area contributed by atoms with Crippen molar-refractivity contribution in [3.8, 4) is 0 Å². The minimum atomic E-state index is 0.240. The molecule has 0 aromatic carbocycles. The largest absolute Gasteiger partial charge is 0.710 e. The Kier molecular flexibility index (Phi) is 2.27. The summed E-state index contributed by atoms with van der Waals surface area (Å²) < 4.78 is 0.785. The van der Waals surface area contributed by atoms with Gasteiger partial charge in [-0.2, -0.15) is 0 Å². The van der Waals surface area contributed by atoms with Gasteiger partial charge in [0.05, 0.1) is 13.1 Å². The van der Waals surface area contributed by atoms with Crippen molar-refractivity contribution < 1.29 is 4.73 Å². The smallest absolute Gasteiger partial charge is 0.280 e. The molecule has 0 bridgehead atoms. The van der Waals surface area contributed by atoms with Gasteiger partial charge in [0, 0.05) is 6.07 Å². The minimum absolute atomic E-state index is 0.240. The molecule has 13 heavy (non-hydrogen) atoms. The average Bonchev–Trinajstić information content (AvgIpc) is 2.62. The predicted molar refractivity (Wildman–Crippen MR) is 51.9 cm³/mol. The summed E-state index contributed by atoms with van der Waals surface area (Å²) in [7, 11) is 0. The molecule has 0 aliphatic carbocycles. The molecule has 2 heterocycles. The van der Waals surface area contributed by atoms with Gasteiger partial charge in [0.2, 0.25) is 0 Å². The molecule has 0 N–H and O–H groups in total. The Bertz CT molecular complexity index is 310. The minimum Gasteiger partial charge on any atom is -0.710 e. The van der Waals surface area contributed by atoms with E-state index < -0.39 is 0 Å². The van der Waals surface area contributed by atoms with Crippen molar-refractivity contribution in [1.29, 1.82) is 0 Å². The number of pyridine rings is 1. The second-order valence-electron chi connectivity index (χ2n) is 3.20. The van der Waals surface area contributed by atoms with Crippen molar-refractivity contribution in [2.24, 2.45) is 0 Å². The van der Waals surface area contributed by atoms with E-state index in [0.717, 1.165) is 30.7 Å². The number of hydrogen-bond donors (Lipinski definition) is 0. The Balaban J connectivity index is 2.33. The summed E-state index contributed by atoms with van der Waals surface area (Å²) in [5.74, 6) is 0.671. The molecule has 1 aliphatic heterocycles. The number of rotatable bonds is 1. The van der Waals surface area contributed by atoms with Crippen LogP contribution >= 0.6 is 11.6 Å². The molecule has 1 saturated heterocycles. The van der Waals surface area contributed by atoms with Crippen LogP contribution < -0.4 is 9.63 Å². The molecule has 1 aliphatic rings. The fourth-order valence-corrected chi connectivity index (χ4v) is 1.80. The van der Waals surface area contributed by atoms with E-state index in [2.05, 4.69) is 4.90 Å². The monoisotopic (exact) mass is 198 g/mol. The van der Waals surface area contributed by atoms with Gasteiger partial charge in [-0.1, -0.05) is 0 Å². The van der Waals surface area contributed by atoms with E-state index in [-0.39, 0.29) is 5.15 Å². The number of anilines is 1. The first-order chi connectivity index (χ1) is 6.29. The van der Waals surface area contributed by atoms with Crippen LogP contribution in [-0.2, 0) is 0 Å². The summed E-state index contributed by atoms with van der Waals surface area (Å²) in [5.41, 5.74) is 0. The Labute approximate surface area is 82.1 Å². The van der Waals surface area contributed by atoms with Gasteiger partial charge in [-0.25, -0.2) is 4.73 Å². The van der Waals surface area contributed by atoms with Crippen LogP contribution in [0.1, 0.15) is 12.8 Å². The molecule has 4 heteroatoms. The van der Waals surface area contributed by atoms with Crippen LogP contribution in [0, 0.1) is 5.21 Å². The number of nitrogens with zero attached hydrogens (tertiary/aromatic N) is 2. The SMILES string of the molecule is [O-][n+]1c(Cl)cccc1N1CCCC1. The second kappa shape index (κ2) is 3.42. The molecular formula is C9H11ClN2O. The molecule has 0 spiro atoms.